The summed E-state index contributed by atoms with van der Waals surface area (Å²) in [5.41, 5.74) is 2.23. The molecule has 0 radical (unpaired) electrons. The second-order valence-electron chi connectivity index (χ2n) is 16.0. The van der Waals surface area contributed by atoms with Crippen LogP contribution in [-0.2, 0) is 24.0 Å². The van der Waals surface area contributed by atoms with Gasteiger partial charge in [-0.15, -0.1) is 5.06 Å². The van der Waals surface area contributed by atoms with Crippen LogP contribution in [0.15, 0.2) is 11.6 Å². The van der Waals surface area contributed by atoms with Gasteiger partial charge in [-0.3, -0.25) is 9.59 Å². The number of hydrogen-bond donors (Lipinski definition) is 1. The number of amides is 3. The first kappa shape index (κ1) is 34.0. The van der Waals surface area contributed by atoms with E-state index in [2.05, 4.69) is 46.0 Å². The number of hydrogen-bond acceptors (Lipinski definition) is 6. The van der Waals surface area contributed by atoms with Gasteiger partial charge in [0, 0.05) is 32.2 Å². The SMILES string of the molecule is CC(C)CCC[C@@H](C)[C@H]1CC[C@H]2[C@@H]3CC=C4C[C@@H](OC(=O)NCCCCC(=O)ON5C(=O)CCC5=O)CC[C@]4(C)[C@H]3CC[C@]12C. The zero-order valence-electron chi connectivity index (χ0n) is 28.5. The molecule has 0 aromatic rings. The Morgan fingerprint density at radius 2 is 1.71 bits per heavy atom. The van der Waals surface area contributed by atoms with E-state index in [1.165, 1.54) is 56.9 Å². The van der Waals surface area contributed by atoms with Gasteiger partial charge < -0.3 is 14.9 Å². The molecule has 1 heterocycles. The van der Waals surface area contributed by atoms with Gasteiger partial charge in [-0.25, -0.2) is 9.59 Å². The first-order valence-electron chi connectivity index (χ1n) is 18.1. The minimum absolute atomic E-state index is 0.0727. The standard InChI is InChI=1S/C37H58N2O6/c1-24(2)9-8-10-25(3)29-14-15-30-28-13-12-26-23-27(18-20-36(26,4)31(28)19-21-37(29,30)5)44-35(43)38-22-7-6-11-34(42)45-39-32(40)16-17-33(39)41/h12,24-25,27-31H,6-11,13-23H2,1-5H3,(H,38,43)/t25-,27+,28+,29-,30+,31+,36+,37-/m1/s1. The van der Waals surface area contributed by atoms with Gasteiger partial charge in [0.2, 0.25) is 0 Å². The average Bonchev–Trinajstić information content (AvgIpc) is 3.50. The van der Waals surface area contributed by atoms with E-state index in [1.807, 2.05) is 0 Å². The highest BCUT2D eigenvalue weighted by Crippen LogP contribution is 2.67. The van der Waals surface area contributed by atoms with E-state index in [0.717, 1.165) is 54.8 Å². The summed E-state index contributed by atoms with van der Waals surface area (Å²) < 4.78 is 5.87. The van der Waals surface area contributed by atoms with Crippen molar-refractivity contribution in [2.45, 2.75) is 143 Å². The molecule has 45 heavy (non-hydrogen) atoms. The van der Waals surface area contributed by atoms with Crippen molar-refractivity contribution in [3.05, 3.63) is 11.6 Å². The fraction of sp³-hybridized carbons (Fsp3) is 0.838. The lowest BCUT2D eigenvalue weighted by Crippen LogP contribution is -2.51. The number of ether oxygens (including phenoxy) is 1. The zero-order chi connectivity index (χ0) is 32.4. The minimum atomic E-state index is -0.614. The molecule has 1 N–H and O–H groups in total. The number of nitrogens with one attached hydrogen (secondary N) is 1. The number of fused-ring (bicyclic) bond motifs is 5. The van der Waals surface area contributed by atoms with E-state index in [4.69, 9.17) is 9.57 Å². The number of carbonyl (C=O) groups excluding carboxylic acids is 4. The van der Waals surface area contributed by atoms with Crippen LogP contribution in [0, 0.1) is 46.3 Å². The topological polar surface area (TPSA) is 102 Å². The summed E-state index contributed by atoms with van der Waals surface area (Å²) in [7, 11) is 0. The van der Waals surface area contributed by atoms with Gasteiger partial charge in [-0.2, -0.15) is 0 Å². The van der Waals surface area contributed by atoms with Gasteiger partial charge in [-0.05, 0) is 104 Å². The molecule has 5 rings (SSSR count). The Hall–Kier alpha value is -2.38. The summed E-state index contributed by atoms with van der Waals surface area (Å²) in [6.07, 6.45) is 17.0. The first-order chi connectivity index (χ1) is 21.4. The molecule has 1 aliphatic heterocycles. The van der Waals surface area contributed by atoms with E-state index in [1.54, 1.807) is 0 Å². The van der Waals surface area contributed by atoms with Gasteiger partial charge in [0.15, 0.2) is 0 Å². The summed E-state index contributed by atoms with van der Waals surface area (Å²) in [5, 5.41) is 3.40. The zero-order valence-corrected chi connectivity index (χ0v) is 28.5. The third-order valence-corrected chi connectivity index (χ3v) is 12.8. The Morgan fingerprint density at radius 3 is 2.44 bits per heavy atom. The maximum absolute atomic E-state index is 12.6. The lowest BCUT2D eigenvalue weighted by Gasteiger charge is -2.58. The molecule has 4 aliphatic carbocycles. The van der Waals surface area contributed by atoms with Crippen LogP contribution in [0.2, 0.25) is 0 Å². The maximum atomic E-state index is 12.6. The Morgan fingerprint density at radius 1 is 0.956 bits per heavy atom. The highest BCUT2D eigenvalue weighted by Gasteiger charge is 2.59. The Kier molecular flexibility index (Phi) is 10.7. The quantitative estimate of drug-likeness (QED) is 0.134. The van der Waals surface area contributed by atoms with Gasteiger partial charge in [0.1, 0.15) is 6.10 Å². The molecule has 1 saturated heterocycles. The number of hydroxylamine groups is 2. The number of nitrogens with zero attached hydrogens (tertiary/aromatic N) is 1. The molecule has 4 fully saturated rings. The Labute approximate surface area is 270 Å². The van der Waals surface area contributed by atoms with Gasteiger partial charge >= 0.3 is 12.1 Å². The van der Waals surface area contributed by atoms with Crippen molar-refractivity contribution in [1.82, 2.24) is 10.4 Å². The molecule has 252 valence electrons. The number of imide groups is 1. The molecule has 8 atom stereocenters. The van der Waals surface area contributed by atoms with Crippen molar-refractivity contribution in [3.63, 3.8) is 0 Å². The minimum Gasteiger partial charge on any atom is -0.446 e. The molecule has 8 nitrogen and oxygen atoms in total. The van der Waals surface area contributed by atoms with Crippen LogP contribution in [-0.4, -0.2) is 41.6 Å². The molecular weight excluding hydrogens is 568 g/mol. The summed E-state index contributed by atoms with van der Waals surface area (Å²) in [6.45, 7) is 12.8. The lowest BCUT2D eigenvalue weighted by molar-refractivity contribution is -0.197. The summed E-state index contributed by atoms with van der Waals surface area (Å²) >= 11 is 0. The van der Waals surface area contributed by atoms with E-state index in [9.17, 15) is 19.2 Å². The highest BCUT2D eigenvalue weighted by atomic mass is 16.7. The molecular formula is C37H58N2O6. The van der Waals surface area contributed by atoms with Gasteiger partial charge in [-0.1, -0.05) is 65.5 Å². The third-order valence-electron chi connectivity index (χ3n) is 12.8. The Bertz CT molecular complexity index is 1130. The van der Waals surface area contributed by atoms with E-state index >= 15 is 0 Å². The number of unbranched alkanes of at least 4 members (excludes halogenated alkanes) is 1. The van der Waals surface area contributed by atoms with E-state index in [-0.39, 0.29) is 30.8 Å². The van der Waals surface area contributed by atoms with E-state index in [0.29, 0.717) is 29.9 Å². The number of allylic oxidation sites excluding steroid dienone is 1. The van der Waals surface area contributed by atoms with Gasteiger partial charge in [0.25, 0.3) is 11.8 Å². The number of rotatable bonds is 12. The van der Waals surface area contributed by atoms with Crippen LogP contribution in [0.3, 0.4) is 0 Å². The number of carbonyl (C=O) groups is 4. The first-order valence-corrected chi connectivity index (χ1v) is 18.1. The second-order valence-corrected chi connectivity index (χ2v) is 16.0. The summed E-state index contributed by atoms with van der Waals surface area (Å²) in [4.78, 5) is 52.6. The van der Waals surface area contributed by atoms with Crippen molar-refractivity contribution in [1.29, 1.82) is 0 Å². The summed E-state index contributed by atoms with van der Waals surface area (Å²) in [6, 6.07) is 0. The average molecular weight is 627 g/mol. The molecule has 3 amide bonds. The van der Waals surface area contributed by atoms with Crippen molar-refractivity contribution in [2.75, 3.05) is 6.54 Å². The normalized spacial score (nSPS) is 34.9. The van der Waals surface area contributed by atoms with Crippen LogP contribution < -0.4 is 5.32 Å². The monoisotopic (exact) mass is 626 g/mol. The van der Waals surface area contributed by atoms with Crippen LogP contribution >= 0.6 is 0 Å². The largest absolute Gasteiger partial charge is 0.446 e. The molecule has 0 bridgehead atoms. The second kappa shape index (κ2) is 14.2. The molecule has 0 unspecified atom stereocenters. The molecule has 5 aliphatic rings. The third kappa shape index (κ3) is 7.30. The van der Waals surface area contributed by atoms with Crippen LogP contribution in [0.25, 0.3) is 0 Å². The van der Waals surface area contributed by atoms with Crippen molar-refractivity contribution in [2.24, 2.45) is 46.3 Å². The smallest absolute Gasteiger partial charge is 0.407 e. The van der Waals surface area contributed by atoms with Gasteiger partial charge in [0.05, 0.1) is 0 Å². The summed E-state index contributed by atoms with van der Waals surface area (Å²) in [5.74, 6) is 3.31. The molecule has 0 aromatic carbocycles. The fourth-order valence-electron chi connectivity index (χ4n) is 10.3. The van der Waals surface area contributed by atoms with Crippen LogP contribution in [0.4, 0.5) is 4.79 Å². The lowest BCUT2D eigenvalue weighted by atomic mass is 9.47. The molecule has 0 aromatic heterocycles. The predicted molar refractivity (Wildman–Crippen MR) is 172 cm³/mol. The molecule has 3 saturated carbocycles. The van der Waals surface area contributed by atoms with E-state index < -0.39 is 23.9 Å². The molecule has 8 heteroatoms. The predicted octanol–water partition coefficient (Wildman–Crippen LogP) is 7.90. The highest BCUT2D eigenvalue weighted by molar-refractivity contribution is 6.01. The van der Waals surface area contributed by atoms with Crippen molar-refractivity contribution in [3.8, 4) is 0 Å². The maximum Gasteiger partial charge on any atom is 0.407 e. The molecule has 0 spiro atoms. The van der Waals surface area contributed by atoms with Crippen LogP contribution in [0.1, 0.15) is 137 Å². The Balaban J connectivity index is 1.06. The van der Waals surface area contributed by atoms with Crippen LogP contribution in [0.5, 0.6) is 0 Å². The van der Waals surface area contributed by atoms with Crippen molar-refractivity contribution < 1.29 is 28.8 Å². The van der Waals surface area contributed by atoms with Crippen molar-refractivity contribution >= 4 is 23.9 Å². The number of alkyl carbamates (subject to hydrolysis) is 1. The fourth-order valence-corrected chi connectivity index (χ4v) is 10.3.